The van der Waals surface area contributed by atoms with Gasteiger partial charge in [-0.15, -0.1) is 0 Å². The summed E-state index contributed by atoms with van der Waals surface area (Å²) in [6.07, 6.45) is 3.95. The van der Waals surface area contributed by atoms with Gasteiger partial charge >= 0.3 is 0 Å². The van der Waals surface area contributed by atoms with E-state index in [0.717, 1.165) is 30.3 Å². The molecule has 1 fully saturated rings. The molecule has 0 unspecified atom stereocenters. The lowest BCUT2D eigenvalue weighted by Crippen LogP contribution is -2.26. The Bertz CT molecular complexity index is 512. The maximum absolute atomic E-state index is 8.86. The Morgan fingerprint density at radius 2 is 2.19 bits per heavy atom. The van der Waals surface area contributed by atoms with Gasteiger partial charge in [-0.1, -0.05) is 24.8 Å². The molecule has 0 heterocycles. The van der Waals surface area contributed by atoms with Crippen molar-refractivity contribution in [1.82, 2.24) is 4.90 Å². The van der Waals surface area contributed by atoms with Crippen LogP contribution in [0.15, 0.2) is 18.2 Å². The molecule has 0 aliphatic heterocycles. The molecule has 1 saturated carbocycles. The number of ether oxygens (including phenoxy) is 1. The van der Waals surface area contributed by atoms with Gasteiger partial charge in [0.2, 0.25) is 0 Å². The van der Waals surface area contributed by atoms with Crippen LogP contribution < -0.4 is 4.74 Å². The minimum absolute atomic E-state index is 0.128. The van der Waals surface area contributed by atoms with Crippen LogP contribution in [0.4, 0.5) is 0 Å². The average molecular weight is 287 g/mol. The van der Waals surface area contributed by atoms with Crippen LogP contribution >= 0.6 is 0 Å². The average Bonchev–Trinajstić information content (AvgIpc) is 3.29. The van der Waals surface area contributed by atoms with E-state index in [1.54, 1.807) is 7.11 Å². The first kappa shape index (κ1) is 15.9. The van der Waals surface area contributed by atoms with E-state index in [2.05, 4.69) is 35.8 Å². The number of hydrogen-bond donors (Lipinski definition) is 1. The molecule has 0 radical (unpaired) electrons. The molecular weight excluding hydrogens is 262 g/mol. The Kier molecular flexibility index (Phi) is 6.10. The second kappa shape index (κ2) is 8.07. The van der Waals surface area contributed by atoms with Crippen LogP contribution in [0.25, 0.3) is 0 Å². The Morgan fingerprint density at radius 1 is 1.38 bits per heavy atom. The second-order valence-electron chi connectivity index (χ2n) is 5.67. The largest absolute Gasteiger partial charge is 0.495 e. The van der Waals surface area contributed by atoms with Gasteiger partial charge in [-0.05, 0) is 49.4 Å². The summed E-state index contributed by atoms with van der Waals surface area (Å²) in [7, 11) is 1.65. The molecule has 2 rings (SSSR count). The summed E-state index contributed by atoms with van der Waals surface area (Å²) in [6.45, 7) is 5.41. The van der Waals surface area contributed by atoms with Gasteiger partial charge in [-0.25, -0.2) is 0 Å². The van der Waals surface area contributed by atoms with Crippen molar-refractivity contribution in [3.05, 3.63) is 29.3 Å². The van der Waals surface area contributed by atoms with Gasteiger partial charge in [-0.2, -0.15) is 0 Å². The number of aliphatic hydroxyl groups is 1. The van der Waals surface area contributed by atoms with Crippen LogP contribution in [0, 0.1) is 17.8 Å². The summed E-state index contributed by atoms with van der Waals surface area (Å²) in [5.74, 6) is 7.34. The summed E-state index contributed by atoms with van der Waals surface area (Å²) in [5, 5.41) is 8.86. The quantitative estimate of drug-likeness (QED) is 0.783. The maximum Gasteiger partial charge on any atom is 0.134 e. The van der Waals surface area contributed by atoms with E-state index in [-0.39, 0.29) is 6.61 Å². The maximum atomic E-state index is 8.86. The fraction of sp³-hybridized carbons (Fsp3) is 0.556. The van der Waals surface area contributed by atoms with Gasteiger partial charge in [0.05, 0.1) is 12.7 Å². The first-order valence-electron chi connectivity index (χ1n) is 7.75. The van der Waals surface area contributed by atoms with Gasteiger partial charge in [0.1, 0.15) is 12.4 Å². The van der Waals surface area contributed by atoms with Crippen molar-refractivity contribution in [2.75, 3.05) is 26.8 Å². The van der Waals surface area contributed by atoms with Crippen LogP contribution in [0.3, 0.4) is 0 Å². The summed E-state index contributed by atoms with van der Waals surface area (Å²) < 4.78 is 5.33. The van der Waals surface area contributed by atoms with E-state index in [1.807, 2.05) is 6.07 Å². The topological polar surface area (TPSA) is 32.7 Å². The minimum Gasteiger partial charge on any atom is -0.495 e. The van der Waals surface area contributed by atoms with E-state index >= 15 is 0 Å². The van der Waals surface area contributed by atoms with Crippen LogP contribution in [0.2, 0.25) is 0 Å². The van der Waals surface area contributed by atoms with E-state index < -0.39 is 0 Å². The molecule has 1 aliphatic carbocycles. The first-order valence-corrected chi connectivity index (χ1v) is 7.75. The molecule has 1 N–H and O–H groups in total. The van der Waals surface area contributed by atoms with Crippen LogP contribution in [0.5, 0.6) is 5.75 Å². The van der Waals surface area contributed by atoms with Crippen molar-refractivity contribution < 1.29 is 9.84 Å². The molecule has 0 spiro atoms. The molecular formula is C18H25NO2. The Hall–Kier alpha value is -1.50. The lowest BCUT2D eigenvalue weighted by molar-refractivity contribution is 0.255. The molecule has 1 aromatic rings. The number of aliphatic hydroxyl groups excluding tert-OH is 1. The lowest BCUT2D eigenvalue weighted by atomic mass is 10.1. The van der Waals surface area contributed by atoms with Gasteiger partial charge in [-0.3, -0.25) is 4.90 Å². The fourth-order valence-corrected chi connectivity index (χ4v) is 2.56. The highest BCUT2D eigenvalue weighted by Gasteiger charge is 2.24. The highest BCUT2D eigenvalue weighted by molar-refractivity contribution is 5.48. The smallest absolute Gasteiger partial charge is 0.134 e. The third-order valence-corrected chi connectivity index (χ3v) is 3.73. The van der Waals surface area contributed by atoms with Crippen molar-refractivity contribution in [2.24, 2.45) is 5.92 Å². The summed E-state index contributed by atoms with van der Waals surface area (Å²) in [5.41, 5.74) is 2.11. The highest BCUT2D eigenvalue weighted by Crippen LogP contribution is 2.30. The van der Waals surface area contributed by atoms with Crippen molar-refractivity contribution in [1.29, 1.82) is 0 Å². The third-order valence-electron chi connectivity index (χ3n) is 3.73. The summed E-state index contributed by atoms with van der Waals surface area (Å²) in [4.78, 5) is 2.53. The lowest BCUT2D eigenvalue weighted by Gasteiger charge is -2.22. The molecule has 1 aromatic carbocycles. The van der Waals surface area contributed by atoms with E-state index in [0.29, 0.717) is 0 Å². The molecule has 3 heteroatoms. The van der Waals surface area contributed by atoms with Crippen molar-refractivity contribution >= 4 is 0 Å². The minimum atomic E-state index is -0.128. The van der Waals surface area contributed by atoms with Crippen LogP contribution in [-0.4, -0.2) is 36.8 Å². The zero-order chi connectivity index (χ0) is 15.1. The summed E-state index contributed by atoms with van der Waals surface area (Å²) >= 11 is 0. The molecule has 0 amide bonds. The Morgan fingerprint density at radius 3 is 2.81 bits per heavy atom. The number of hydrogen-bond acceptors (Lipinski definition) is 3. The van der Waals surface area contributed by atoms with Crippen LogP contribution in [-0.2, 0) is 6.54 Å². The van der Waals surface area contributed by atoms with Crippen molar-refractivity contribution in [3.8, 4) is 17.6 Å². The van der Waals surface area contributed by atoms with Crippen molar-refractivity contribution in [2.45, 2.75) is 32.7 Å². The standard InChI is InChI=1S/C18H25NO2/c1-3-10-19(13-15-6-7-15)14-16-8-9-18(21-2)17(12-16)5-4-11-20/h8-9,12,15,20H,3,6-7,10-11,13-14H2,1-2H3. The predicted molar refractivity (Wildman–Crippen MR) is 85.2 cm³/mol. The number of benzene rings is 1. The Labute approximate surface area is 127 Å². The second-order valence-corrected chi connectivity index (χ2v) is 5.67. The molecule has 3 nitrogen and oxygen atoms in total. The third kappa shape index (κ3) is 5.08. The fourth-order valence-electron chi connectivity index (χ4n) is 2.56. The molecule has 0 aromatic heterocycles. The molecule has 0 atom stereocenters. The van der Waals surface area contributed by atoms with Crippen LogP contribution in [0.1, 0.15) is 37.3 Å². The molecule has 0 saturated heterocycles. The SMILES string of the molecule is CCCN(Cc1ccc(OC)c(C#CCO)c1)CC1CC1. The highest BCUT2D eigenvalue weighted by atomic mass is 16.5. The predicted octanol–water partition coefficient (Wildman–Crippen LogP) is 2.66. The van der Waals surface area contributed by atoms with E-state index in [9.17, 15) is 0 Å². The van der Waals surface area contributed by atoms with Gasteiger partial charge < -0.3 is 9.84 Å². The molecule has 1 aliphatic rings. The molecule has 114 valence electrons. The van der Waals surface area contributed by atoms with E-state index in [1.165, 1.54) is 31.4 Å². The number of methoxy groups -OCH3 is 1. The first-order chi connectivity index (χ1) is 10.3. The summed E-state index contributed by atoms with van der Waals surface area (Å²) in [6, 6.07) is 6.16. The normalized spacial score (nSPS) is 13.9. The van der Waals surface area contributed by atoms with Crippen molar-refractivity contribution in [3.63, 3.8) is 0 Å². The van der Waals surface area contributed by atoms with Gasteiger partial charge in [0.15, 0.2) is 0 Å². The molecule has 0 bridgehead atoms. The van der Waals surface area contributed by atoms with E-state index in [4.69, 9.17) is 9.84 Å². The monoisotopic (exact) mass is 287 g/mol. The zero-order valence-corrected chi connectivity index (χ0v) is 13.1. The Balaban J connectivity index is 2.10. The van der Waals surface area contributed by atoms with Gasteiger partial charge in [0, 0.05) is 13.1 Å². The molecule has 21 heavy (non-hydrogen) atoms. The number of rotatable bonds is 7. The number of nitrogens with zero attached hydrogens (tertiary/aromatic N) is 1. The zero-order valence-electron chi connectivity index (χ0n) is 13.1. The van der Waals surface area contributed by atoms with Gasteiger partial charge in [0.25, 0.3) is 0 Å².